The standard InChI is InChI=1S/C21H28N2O4/c1-16-7-5-6-10-18(16)23-20(25)15-27-21(26)13-14-22-19(24)12-11-17-8-3-2-4-9-17/h2-4,8-9,11-12,16,18H,5-7,10,13-15H2,1H3,(H,22,24)(H,23,25)/b12-11+/t16-,18-/m1/s1. The van der Waals surface area contributed by atoms with Crippen LogP contribution in [-0.4, -0.2) is 37.0 Å². The number of hydrogen-bond acceptors (Lipinski definition) is 4. The third-order valence-electron chi connectivity index (χ3n) is 4.68. The van der Waals surface area contributed by atoms with Gasteiger partial charge in [-0.1, -0.05) is 50.1 Å². The maximum atomic E-state index is 11.9. The van der Waals surface area contributed by atoms with E-state index in [9.17, 15) is 14.4 Å². The van der Waals surface area contributed by atoms with Crippen LogP contribution in [0.4, 0.5) is 0 Å². The van der Waals surface area contributed by atoms with Crippen LogP contribution in [-0.2, 0) is 19.1 Å². The van der Waals surface area contributed by atoms with Gasteiger partial charge in [0.1, 0.15) is 0 Å². The molecule has 1 saturated carbocycles. The Morgan fingerprint density at radius 3 is 2.63 bits per heavy atom. The van der Waals surface area contributed by atoms with Gasteiger partial charge in [0.05, 0.1) is 6.42 Å². The molecule has 1 fully saturated rings. The van der Waals surface area contributed by atoms with E-state index in [1.807, 2.05) is 30.3 Å². The number of rotatable bonds is 8. The Kier molecular flexibility index (Phi) is 8.55. The van der Waals surface area contributed by atoms with Crippen LogP contribution in [0.2, 0.25) is 0 Å². The third-order valence-corrected chi connectivity index (χ3v) is 4.68. The molecule has 1 aromatic carbocycles. The lowest BCUT2D eigenvalue weighted by Gasteiger charge is -2.29. The summed E-state index contributed by atoms with van der Waals surface area (Å²) in [6.07, 6.45) is 7.55. The highest BCUT2D eigenvalue weighted by molar-refractivity contribution is 5.91. The van der Waals surface area contributed by atoms with Crippen molar-refractivity contribution >= 4 is 23.9 Å². The molecule has 0 heterocycles. The summed E-state index contributed by atoms with van der Waals surface area (Å²) in [6, 6.07) is 9.62. The van der Waals surface area contributed by atoms with Crippen LogP contribution < -0.4 is 10.6 Å². The molecule has 0 saturated heterocycles. The number of carbonyl (C=O) groups is 3. The number of esters is 1. The van der Waals surface area contributed by atoms with Crippen molar-refractivity contribution in [1.82, 2.24) is 10.6 Å². The van der Waals surface area contributed by atoms with Crippen molar-refractivity contribution in [2.45, 2.75) is 45.1 Å². The van der Waals surface area contributed by atoms with Crippen LogP contribution in [0.15, 0.2) is 36.4 Å². The minimum atomic E-state index is -0.505. The largest absolute Gasteiger partial charge is 0.456 e. The fourth-order valence-corrected chi connectivity index (χ4v) is 3.08. The lowest BCUT2D eigenvalue weighted by molar-refractivity contribution is -0.148. The number of carbonyl (C=O) groups excluding carboxylic acids is 3. The zero-order valence-corrected chi connectivity index (χ0v) is 15.8. The van der Waals surface area contributed by atoms with Crippen LogP contribution in [0.5, 0.6) is 0 Å². The molecule has 0 unspecified atom stereocenters. The highest BCUT2D eigenvalue weighted by Gasteiger charge is 2.23. The summed E-state index contributed by atoms with van der Waals surface area (Å²) in [7, 11) is 0. The van der Waals surface area contributed by atoms with Crippen LogP contribution in [0.1, 0.15) is 44.6 Å². The van der Waals surface area contributed by atoms with Crippen molar-refractivity contribution in [3.63, 3.8) is 0 Å². The topological polar surface area (TPSA) is 84.5 Å². The van der Waals surface area contributed by atoms with Gasteiger partial charge in [0.25, 0.3) is 5.91 Å². The first-order valence-electron chi connectivity index (χ1n) is 9.50. The number of hydrogen-bond donors (Lipinski definition) is 2. The van der Waals surface area contributed by atoms with E-state index in [1.165, 1.54) is 12.5 Å². The van der Waals surface area contributed by atoms with Gasteiger partial charge in [-0.05, 0) is 30.4 Å². The van der Waals surface area contributed by atoms with E-state index in [4.69, 9.17) is 4.74 Å². The minimum Gasteiger partial charge on any atom is -0.456 e. The van der Waals surface area contributed by atoms with E-state index in [-0.39, 0.29) is 37.4 Å². The van der Waals surface area contributed by atoms with Crippen LogP contribution in [0.25, 0.3) is 6.08 Å². The second-order valence-corrected chi connectivity index (χ2v) is 6.88. The van der Waals surface area contributed by atoms with Crippen LogP contribution in [0, 0.1) is 5.92 Å². The molecule has 2 atom stereocenters. The molecule has 2 N–H and O–H groups in total. The smallest absolute Gasteiger partial charge is 0.308 e. The van der Waals surface area contributed by atoms with E-state index in [0.717, 1.165) is 24.8 Å². The number of nitrogens with one attached hydrogen (secondary N) is 2. The molecule has 0 aromatic heterocycles. The van der Waals surface area contributed by atoms with Gasteiger partial charge in [-0.15, -0.1) is 0 Å². The van der Waals surface area contributed by atoms with E-state index < -0.39 is 5.97 Å². The molecule has 1 aliphatic rings. The van der Waals surface area contributed by atoms with Gasteiger partial charge in [0.2, 0.25) is 5.91 Å². The third kappa shape index (κ3) is 8.07. The summed E-state index contributed by atoms with van der Waals surface area (Å²) < 4.78 is 4.97. The average molecular weight is 372 g/mol. The Balaban J connectivity index is 1.58. The lowest BCUT2D eigenvalue weighted by atomic mass is 9.86. The van der Waals surface area contributed by atoms with Crippen LogP contribution in [0.3, 0.4) is 0 Å². The molecule has 0 radical (unpaired) electrons. The summed E-state index contributed by atoms with van der Waals surface area (Å²) in [5, 5.41) is 5.55. The second-order valence-electron chi connectivity index (χ2n) is 6.88. The first-order valence-corrected chi connectivity index (χ1v) is 9.50. The first kappa shape index (κ1) is 20.7. The molecular weight excluding hydrogens is 344 g/mol. The van der Waals surface area contributed by atoms with Gasteiger partial charge in [-0.3, -0.25) is 14.4 Å². The van der Waals surface area contributed by atoms with Crippen molar-refractivity contribution in [1.29, 1.82) is 0 Å². The van der Waals surface area contributed by atoms with E-state index in [0.29, 0.717) is 5.92 Å². The monoisotopic (exact) mass is 372 g/mol. The summed E-state index contributed by atoms with van der Waals surface area (Å²) in [5.41, 5.74) is 0.922. The van der Waals surface area contributed by atoms with E-state index in [1.54, 1.807) is 6.08 Å². The van der Waals surface area contributed by atoms with Gasteiger partial charge in [-0.25, -0.2) is 0 Å². The second kappa shape index (κ2) is 11.2. The van der Waals surface area contributed by atoms with Gasteiger partial charge >= 0.3 is 5.97 Å². The van der Waals surface area contributed by atoms with E-state index in [2.05, 4.69) is 17.6 Å². The van der Waals surface area contributed by atoms with Crippen molar-refractivity contribution in [2.75, 3.05) is 13.2 Å². The molecule has 146 valence electrons. The molecule has 2 amide bonds. The van der Waals surface area contributed by atoms with E-state index >= 15 is 0 Å². The molecule has 27 heavy (non-hydrogen) atoms. The fraction of sp³-hybridized carbons (Fsp3) is 0.476. The first-order chi connectivity index (χ1) is 13.0. The normalized spacial score (nSPS) is 19.4. The number of amides is 2. The highest BCUT2D eigenvalue weighted by Crippen LogP contribution is 2.23. The maximum absolute atomic E-state index is 11.9. The van der Waals surface area contributed by atoms with Crippen molar-refractivity contribution < 1.29 is 19.1 Å². The van der Waals surface area contributed by atoms with Gasteiger partial charge in [-0.2, -0.15) is 0 Å². The summed E-state index contributed by atoms with van der Waals surface area (Å²) in [4.78, 5) is 35.3. The Morgan fingerprint density at radius 2 is 1.89 bits per heavy atom. The van der Waals surface area contributed by atoms with Gasteiger partial charge < -0.3 is 15.4 Å². The maximum Gasteiger partial charge on any atom is 0.308 e. The lowest BCUT2D eigenvalue weighted by Crippen LogP contribution is -2.43. The molecular formula is C21H28N2O4. The Labute approximate surface area is 160 Å². The molecule has 6 nitrogen and oxygen atoms in total. The Morgan fingerprint density at radius 1 is 1.15 bits per heavy atom. The number of ether oxygens (including phenoxy) is 1. The Bertz CT molecular complexity index is 657. The molecule has 0 spiro atoms. The zero-order valence-electron chi connectivity index (χ0n) is 15.8. The fourth-order valence-electron chi connectivity index (χ4n) is 3.08. The predicted molar refractivity (Wildman–Crippen MR) is 104 cm³/mol. The molecule has 1 aromatic rings. The molecule has 2 rings (SSSR count). The highest BCUT2D eigenvalue weighted by atomic mass is 16.5. The molecule has 0 bridgehead atoms. The molecule has 1 aliphatic carbocycles. The summed E-state index contributed by atoms with van der Waals surface area (Å²) >= 11 is 0. The average Bonchev–Trinajstić information content (AvgIpc) is 2.67. The SMILES string of the molecule is C[C@@H]1CCCC[C@H]1NC(=O)COC(=O)CCNC(=O)/C=C/c1ccccc1. The molecule has 0 aliphatic heterocycles. The van der Waals surface area contributed by atoms with Crippen LogP contribution >= 0.6 is 0 Å². The van der Waals surface area contributed by atoms with Crippen molar-refractivity contribution in [3.05, 3.63) is 42.0 Å². The minimum absolute atomic E-state index is 0.0258. The number of benzene rings is 1. The predicted octanol–water partition coefficient (Wildman–Crippen LogP) is 2.44. The van der Waals surface area contributed by atoms with Gasteiger partial charge in [0, 0.05) is 18.7 Å². The summed E-state index contributed by atoms with van der Waals surface area (Å²) in [5.74, 6) is -0.598. The zero-order chi connectivity index (χ0) is 19.5. The summed E-state index contributed by atoms with van der Waals surface area (Å²) in [6.45, 7) is 2.02. The van der Waals surface area contributed by atoms with Gasteiger partial charge in [0.15, 0.2) is 6.61 Å². The quantitative estimate of drug-likeness (QED) is 0.542. The van der Waals surface area contributed by atoms with Crippen molar-refractivity contribution in [3.8, 4) is 0 Å². The molecule has 6 heteroatoms. The Hall–Kier alpha value is -2.63. The van der Waals surface area contributed by atoms with Crippen molar-refractivity contribution in [2.24, 2.45) is 5.92 Å².